The normalized spacial score (nSPS) is 19.4. The van der Waals surface area contributed by atoms with Crippen molar-refractivity contribution in [3.63, 3.8) is 0 Å². The van der Waals surface area contributed by atoms with Crippen LogP contribution >= 0.6 is 0 Å². The molecular weight excluding hydrogens is 316 g/mol. The van der Waals surface area contributed by atoms with Crippen LogP contribution in [-0.2, 0) is 0 Å². The van der Waals surface area contributed by atoms with E-state index in [-0.39, 0.29) is 17.1 Å². The molecule has 3 rings (SSSR count). The van der Waals surface area contributed by atoms with E-state index in [1.54, 1.807) is 18.2 Å². The van der Waals surface area contributed by atoms with Gasteiger partial charge in [-0.15, -0.1) is 0 Å². The number of rotatable bonds is 3. The van der Waals surface area contributed by atoms with Gasteiger partial charge in [-0.3, -0.25) is 4.79 Å². The minimum absolute atomic E-state index is 0.00864. The number of aliphatic hydroxyl groups excluding tert-OH is 1. The third-order valence-corrected chi connectivity index (χ3v) is 3.87. The average molecular weight is 332 g/mol. The first-order valence-corrected chi connectivity index (χ1v) is 7.13. The number of carbonyl (C=O) groups excluding carboxylic acids is 1. The Balaban J connectivity index is 2.09. The SMILES string of the molecule is COc1ccc([C@H]2Oc3cc(O)cc(O)c3C(=O)[C@@H]2O)c(OC)c1. The van der Waals surface area contributed by atoms with Crippen molar-refractivity contribution in [2.45, 2.75) is 12.2 Å². The summed E-state index contributed by atoms with van der Waals surface area (Å²) in [4.78, 5) is 12.4. The maximum atomic E-state index is 12.4. The lowest BCUT2D eigenvalue weighted by Crippen LogP contribution is -2.36. The number of aromatic hydroxyl groups is 2. The summed E-state index contributed by atoms with van der Waals surface area (Å²) in [7, 11) is 2.95. The van der Waals surface area contributed by atoms with Crippen molar-refractivity contribution in [2.24, 2.45) is 0 Å². The van der Waals surface area contributed by atoms with Crippen LogP contribution < -0.4 is 14.2 Å². The number of carbonyl (C=O) groups is 1. The predicted molar refractivity (Wildman–Crippen MR) is 83.0 cm³/mol. The Morgan fingerprint density at radius 1 is 1.08 bits per heavy atom. The number of aliphatic hydroxyl groups is 1. The molecule has 0 aliphatic carbocycles. The van der Waals surface area contributed by atoms with E-state index < -0.39 is 23.7 Å². The second kappa shape index (κ2) is 5.93. The van der Waals surface area contributed by atoms with Crippen molar-refractivity contribution in [2.75, 3.05) is 14.2 Å². The lowest BCUT2D eigenvalue weighted by molar-refractivity contribution is 0.0202. The van der Waals surface area contributed by atoms with Gasteiger partial charge in [0.2, 0.25) is 5.78 Å². The molecule has 0 spiro atoms. The van der Waals surface area contributed by atoms with Crippen molar-refractivity contribution in [3.05, 3.63) is 41.5 Å². The van der Waals surface area contributed by atoms with Gasteiger partial charge in [0, 0.05) is 23.8 Å². The molecule has 2 atom stereocenters. The van der Waals surface area contributed by atoms with E-state index in [9.17, 15) is 20.1 Å². The summed E-state index contributed by atoms with van der Waals surface area (Å²) >= 11 is 0. The third kappa shape index (κ3) is 2.48. The second-order valence-electron chi connectivity index (χ2n) is 5.29. The molecule has 0 bridgehead atoms. The summed E-state index contributed by atoms with van der Waals surface area (Å²) in [5.74, 6) is -0.491. The molecule has 2 aromatic carbocycles. The van der Waals surface area contributed by atoms with E-state index in [2.05, 4.69) is 0 Å². The second-order valence-corrected chi connectivity index (χ2v) is 5.29. The van der Waals surface area contributed by atoms with E-state index in [1.807, 2.05) is 0 Å². The fourth-order valence-electron chi connectivity index (χ4n) is 2.70. The minimum Gasteiger partial charge on any atom is -0.508 e. The molecule has 0 unspecified atom stereocenters. The number of phenols is 2. The quantitative estimate of drug-likeness (QED) is 0.787. The third-order valence-electron chi connectivity index (χ3n) is 3.87. The van der Waals surface area contributed by atoms with E-state index in [0.29, 0.717) is 17.1 Å². The fourth-order valence-corrected chi connectivity index (χ4v) is 2.70. The smallest absolute Gasteiger partial charge is 0.202 e. The van der Waals surface area contributed by atoms with E-state index in [0.717, 1.165) is 6.07 Å². The Bertz CT molecular complexity index is 800. The molecular formula is C17H16O7. The van der Waals surface area contributed by atoms with Crippen molar-refractivity contribution in [1.29, 1.82) is 0 Å². The molecule has 126 valence electrons. The topological polar surface area (TPSA) is 105 Å². The summed E-state index contributed by atoms with van der Waals surface area (Å²) in [5, 5.41) is 29.8. The standard InChI is InChI=1S/C17H16O7/c1-22-9-3-4-10(12(7-9)23-2)17-16(21)15(20)14-11(19)5-8(18)6-13(14)24-17/h3-7,16-19,21H,1-2H3/t16-,17+/m0/s1. The molecule has 0 aromatic heterocycles. The molecule has 24 heavy (non-hydrogen) atoms. The van der Waals surface area contributed by atoms with Crippen LogP contribution in [0, 0.1) is 0 Å². The highest BCUT2D eigenvalue weighted by Gasteiger charge is 2.40. The summed E-state index contributed by atoms with van der Waals surface area (Å²) < 4.78 is 16.1. The number of hydrogen-bond donors (Lipinski definition) is 3. The first kappa shape index (κ1) is 15.9. The Morgan fingerprint density at radius 3 is 2.50 bits per heavy atom. The Morgan fingerprint density at radius 2 is 1.83 bits per heavy atom. The van der Waals surface area contributed by atoms with Crippen LogP contribution in [0.15, 0.2) is 30.3 Å². The van der Waals surface area contributed by atoms with Crippen molar-refractivity contribution in [3.8, 4) is 28.7 Å². The highest BCUT2D eigenvalue weighted by atomic mass is 16.5. The zero-order valence-electron chi connectivity index (χ0n) is 13.0. The number of Topliss-reactive ketones (excluding diaryl/α,β-unsaturated/α-hetero) is 1. The summed E-state index contributed by atoms with van der Waals surface area (Å²) in [6.07, 6.45) is -2.58. The van der Waals surface area contributed by atoms with Crippen LogP contribution in [0.25, 0.3) is 0 Å². The summed E-state index contributed by atoms with van der Waals surface area (Å²) in [6, 6.07) is 7.09. The largest absolute Gasteiger partial charge is 0.508 e. The van der Waals surface area contributed by atoms with Crippen molar-refractivity contribution >= 4 is 5.78 Å². The van der Waals surface area contributed by atoms with E-state index in [4.69, 9.17) is 14.2 Å². The minimum atomic E-state index is -1.53. The van der Waals surface area contributed by atoms with Crippen LogP contribution in [0.5, 0.6) is 28.7 Å². The van der Waals surface area contributed by atoms with Gasteiger partial charge in [-0.25, -0.2) is 0 Å². The van der Waals surface area contributed by atoms with Crippen LogP contribution in [0.4, 0.5) is 0 Å². The van der Waals surface area contributed by atoms with Gasteiger partial charge in [0.05, 0.1) is 14.2 Å². The number of ketones is 1. The predicted octanol–water partition coefficient (Wildman–Crippen LogP) is 1.79. The summed E-state index contributed by atoms with van der Waals surface area (Å²) in [6.45, 7) is 0. The molecule has 0 radical (unpaired) electrons. The van der Waals surface area contributed by atoms with Crippen molar-refractivity contribution < 1.29 is 34.3 Å². The van der Waals surface area contributed by atoms with Crippen LogP contribution in [0.1, 0.15) is 22.0 Å². The van der Waals surface area contributed by atoms with Gasteiger partial charge in [0.1, 0.15) is 34.3 Å². The number of hydrogen-bond acceptors (Lipinski definition) is 7. The maximum Gasteiger partial charge on any atom is 0.202 e. The number of methoxy groups -OCH3 is 2. The van der Waals surface area contributed by atoms with Gasteiger partial charge in [0.25, 0.3) is 0 Å². The molecule has 1 aliphatic rings. The molecule has 3 N–H and O–H groups in total. The lowest BCUT2D eigenvalue weighted by atomic mass is 9.92. The number of phenolic OH excluding ortho intramolecular Hbond substituents is 2. The Labute approximate surface area is 137 Å². The number of benzene rings is 2. The van der Waals surface area contributed by atoms with Crippen molar-refractivity contribution in [1.82, 2.24) is 0 Å². The maximum absolute atomic E-state index is 12.4. The molecule has 2 aromatic rings. The van der Waals surface area contributed by atoms with E-state index in [1.165, 1.54) is 20.3 Å². The molecule has 0 saturated heterocycles. The fraction of sp³-hybridized carbons (Fsp3) is 0.235. The number of fused-ring (bicyclic) bond motifs is 1. The zero-order chi connectivity index (χ0) is 17.4. The molecule has 1 heterocycles. The van der Waals surface area contributed by atoms with E-state index >= 15 is 0 Å². The molecule has 7 heteroatoms. The van der Waals surface area contributed by atoms with Gasteiger partial charge in [-0.1, -0.05) is 0 Å². The van der Waals surface area contributed by atoms with Gasteiger partial charge in [0.15, 0.2) is 12.2 Å². The van der Waals surface area contributed by atoms with Gasteiger partial charge >= 0.3 is 0 Å². The molecule has 7 nitrogen and oxygen atoms in total. The Hall–Kier alpha value is -2.93. The molecule has 0 saturated carbocycles. The zero-order valence-corrected chi connectivity index (χ0v) is 13.0. The monoisotopic (exact) mass is 332 g/mol. The van der Waals surface area contributed by atoms with Crippen LogP contribution in [0.3, 0.4) is 0 Å². The Kier molecular flexibility index (Phi) is 3.94. The average Bonchev–Trinajstić information content (AvgIpc) is 2.56. The molecule has 0 amide bonds. The highest BCUT2D eigenvalue weighted by molar-refractivity contribution is 6.05. The van der Waals surface area contributed by atoms with Gasteiger partial charge in [-0.2, -0.15) is 0 Å². The first-order valence-electron chi connectivity index (χ1n) is 7.13. The van der Waals surface area contributed by atoms with Crippen LogP contribution in [0.2, 0.25) is 0 Å². The molecule has 1 aliphatic heterocycles. The lowest BCUT2D eigenvalue weighted by Gasteiger charge is -2.31. The van der Waals surface area contributed by atoms with Gasteiger partial charge < -0.3 is 29.5 Å². The summed E-state index contributed by atoms with van der Waals surface area (Å²) in [5.41, 5.74) is 0.275. The number of ether oxygens (including phenoxy) is 3. The molecule has 0 fully saturated rings. The van der Waals surface area contributed by atoms with Crippen LogP contribution in [-0.4, -0.2) is 41.4 Å². The van der Waals surface area contributed by atoms with Gasteiger partial charge in [-0.05, 0) is 12.1 Å². The highest BCUT2D eigenvalue weighted by Crippen LogP contribution is 2.43. The first-order chi connectivity index (χ1) is 11.5.